The van der Waals surface area contributed by atoms with Gasteiger partial charge in [0.25, 0.3) is 5.78 Å². The van der Waals surface area contributed by atoms with Gasteiger partial charge in [0.1, 0.15) is 17.3 Å². The lowest BCUT2D eigenvalue weighted by Crippen LogP contribution is -2.29. The minimum atomic E-state index is -1.04. The summed E-state index contributed by atoms with van der Waals surface area (Å²) in [5.41, 5.74) is 0.492. The average Bonchev–Trinajstić information content (AvgIpc) is 3.35. The van der Waals surface area contributed by atoms with E-state index in [1.807, 2.05) is 6.92 Å². The molecular weight excluding hydrogens is 431 g/mol. The van der Waals surface area contributed by atoms with Gasteiger partial charge in [-0.2, -0.15) is 0 Å². The van der Waals surface area contributed by atoms with Gasteiger partial charge in [-0.05, 0) is 55.8 Å². The van der Waals surface area contributed by atoms with E-state index < -0.39 is 29.3 Å². The van der Waals surface area contributed by atoms with Crippen LogP contribution >= 0.6 is 0 Å². The largest absolute Gasteiger partial charge is 0.507 e. The number of carbonyl (C=O) groups excluding carboxylic acids is 2. The van der Waals surface area contributed by atoms with E-state index in [0.717, 1.165) is 17.0 Å². The van der Waals surface area contributed by atoms with Crippen molar-refractivity contribution < 1.29 is 33.1 Å². The molecule has 0 spiro atoms. The van der Waals surface area contributed by atoms with Crippen molar-refractivity contribution in [2.24, 2.45) is 0 Å². The molecular formula is C24H21FN2O6. The lowest BCUT2D eigenvalue weighted by molar-refractivity contribution is -0.132. The van der Waals surface area contributed by atoms with Crippen molar-refractivity contribution in [3.63, 3.8) is 0 Å². The van der Waals surface area contributed by atoms with Crippen LogP contribution in [0.3, 0.4) is 0 Å². The van der Waals surface area contributed by atoms with Crippen molar-refractivity contribution >= 4 is 23.3 Å². The predicted octanol–water partition coefficient (Wildman–Crippen LogP) is 4.16. The van der Waals surface area contributed by atoms with Crippen LogP contribution in [0.5, 0.6) is 11.5 Å². The number of hydrogen-bond donors (Lipinski definition) is 1. The molecule has 1 amide bonds. The van der Waals surface area contributed by atoms with Crippen molar-refractivity contribution in [3.8, 4) is 11.5 Å². The van der Waals surface area contributed by atoms with Gasteiger partial charge in [0, 0.05) is 11.6 Å². The summed E-state index contributed by atoms with van der Waals surface area (Å²) < 4.78 is 29.5. The summed E-state index contributed by atoms with van der Waals surface area (Å²) in [6.07, 6.45) is 0. The molecule has 1 aromatic heterocycles. The van der Waals surface area contributed by atoms with E-state index in [-0.39, 0.29) is 17.0 Å². The molecule has 2 heterocycles. The van der Waals surface area contributed by atoms with Gasteiger partial charge in [-0.15, -0.1) is 0 Å². The van der Waals surface area contributed by atoms with Crippen molar-refractivity contribution in [1.82, 2.24) is 5.16 Å². The number of aromatic nitrogens is 1. The Balaban J connectivity index is 1.93. The van der Waals surface area contributed by atoms with Gasteiger partial charge < -0.3 is 19.1 Å². The van der Waals surface area contributed by atoms with Crippen LogP contribution in [0.15, 0.2) is 58.6 Å². The molecule has 170 valence electrons. The van der Waals surface area contributed by atoms with Gasteiger partial charge in [0.15, 0.2) is 17.3 Å². The number of nitrogens with zero attached hydrogens (tertiary/aromatic N) is 2. The van der Waals surface area contributed by atoms with Crippen molar-refractivity contribution in [2.45, 2.75) is 19.9 Å². The fourth-order valence-corrected chi connectivity index (χ4v) is 3.74. The molecule has 1 fully saturated rings. The Morgan fingerprint density at radius 3 is 2.48 bits per heavy atom. The Bertz CT molecular complexity index is 1250. The van der Waals surface area contributed by atoms with Gasteiger partial charge >= 0.3 is 5.91 Å². The monoisotopic (exact) mass is 452 g/mol. The zero-order chi connectivity index (χ0) is 23.7. The number of Topliss-reactive ketones (excluding diaryl/α,β-unsaturated/α-hetero) is 1. The van der Waals surface area contributed by atoms with E-state index in [2.05, 4.69) is 5.16 Å². The summed E-state index contributed by atoms with van der Waals surface area (Å²) in [5.74, 6) is -1.31. The number of methoxy groups -OCH3 is 1. The number of ketones is 1. The minimum absolute atomic E-state index is 0.116. The van der Waals surface area contributed by atoms with Crippen LogP contribution in [0.2, 0.25) is 0 Å². The highest BCUT2D eigenvalue weighted by Gasteiger charge is 2.48. The van der Waals surface area contributed by atoms with Crippen molar-refractivity contribution in [3.05, 3.63) is 76.8 Å². The van der Waals surface area contributed by atoms with Gasteiger partial charge in [-0.1, -0.05) is 11.2 Å². The third-order valence-corrected chi connectivity index (χ3v) is 5.23. The zero-order valence-corrected chi connectivity index (χ0v) is 18.2. The van der Waals surface area contributed by atoms with Crippen LogP contribution in [0.4, 0.5) is 10.2 Å². The highest BCUT2D eigenvalue weighted by Crippen LogP contribution is 2.43. The van der Waals surface area contributed by atoms with E-state index >= 15 is 0 Å². The maximum atomic E-state index is 13.4. The number of ether oxygens (including phenoxy) is 2. The molecule has 9 heteroatoms. The second-order valence-electron chi connectivity index (χ2n) is 7.32. The van der Waals surface area contributed by atoms with Gasteiger partial charge in [0.05, 0.1) is 25.3 Å². The van der Waals surface area contributed by atoms with Crippen LogP contribution in [0.25, 0.3) is 5.76 Å². The average molecular weight is 452 g/mol. The molecule has 1 atom stereocenters. The summed E-state index contributed by atoms with van der Waals surface area (Å²) in [6.45, 7) is 3.90. The Hall–Kier alpha value is -4.14. The topological polar surface area (TPSA) is 102 Å². The van der Waals surface area contributed by atoms with Crippen LogP contribution < -0.4 is 14.4 Å². The Morgan fingerprint density at radius 2 is 1.88 bits per heavy atom. The number of aryl methyl sites for hydroxylation is 1. The molecule has 1 saturated heterocycles. The first kappa shape index (κ1) is 22.1. The summed E-state index contributed by atoms with van der Waals surface area (Å²) in [4.78, 5) is 27.3. The Morgan fingerprint density at radius 1 is 1.15 bits per heavy atom. The van der Waals surface area contributed by atoms with Gasteiger partial charge in [-0.3, -0.25) is 14.5 Å². The number of anilines is 1. The quantitative estimate of drug-likeness (QED) is 0.340. The first-order valence-corrected chi connectivity index (χ1v) is 10.2. The molecule has 2 aromatic carbocycles. The second-order valence-corrected chi connectivity index (χ2v) is 7.32. The minimum Gasteiger partial charge on any atom is -0.507 e. The lowest BCUT2D eigenvalue weighted by atomic mass is 9.95. The molecule has 0 aliphatic carbocycles. The highest BCUT2D eigenvalue weighted by atomic mass is 19.1. The van der Waals surface area contributed by atoms with Crippen LogP contribution in [-0.2, 0) is 9.59 Å². The van der Waals surface area contributed by atoms with Crippen LogP contribution in [0.1, 0.15) is 29.9 Å². The van der Waals surface area contributed by atoms with Gasteiger partial charge in [-0.25, -0.2) is 4.39 Å². The van der Waals surface area contributed by atoms with E-state index in [4.69, 9.17) is 14.0 Å². The number of benzene rings is 2. The molecule has 8 nitrogen and oxygen atoms in total. The molecule has 1 aliphatic rings. The number of aliphatic hydroxyl groups excluding tert-OH is 1. The molecule has 4 rings (SSSR count). The third-order valence-electron chi connectivity index (χ3n) is 5.23. The van der Waals surface area contributed by atoms with E-state index in [1.165, 1.54) is 25.3 Å². The van der Waals surface area contributed by atoms with E-state index in [9.17, 15) is 19.1 Å². The highest BCUT2D eigenvalue weighted by molar-refractivity contribution is 6.51. The van der Waals surface area contributed by atoms with E-state index in [0.29, 0.717) is 29.4 Å². The number of aliphatic hydroxyl groups is 1. The SMILES string of the molecule is CCOc1ccc([C@@H]2/C(=C(\O)c3ccc(F)cc3)C(=O)C(=O)N2c2cc(C)on2)cc1OC. The first-order valence-electron chi connectivity index (χ1n) is 10.2. The maximum absolute atomic E-state index is 13.4. The normalized spacial score (nSPS) is 17.5. The van der Waals surface area contributed by atoms with Gasteiger partial charge in [0.2, 0.25) is 0 Å². The van der Waals surface area contributed by atoms with Crippen molar-refractivity contribution in [2.75, 3.05) is 18.6 Å². The molecule has 0 bridgehead atoms. The van der Waals surface area contributed by atoms with Crippen molar-refractivity contribution in [1.29, 1.82) is 0 Å². The number of carbonyl (C=O) groups is 2. The first-order chi connectivity index (χ1) is 15.8. The smallest absolute Gasteiger partial charge is 0.301 e. The summed E-state index contributed by atoms with van der Waals surface area (Å²) in [6, 6.07) is 10.4. The second kappa shape index (κ2) is 8.78. The summed E-state index contributed by atoms with van der Waals surface area (Å²) >= 11 is 0. The zero-order valence-electron chi connectivity index (χ0n) is 18.2. The number of hydrogen-bond acceptors (Lipinski definition) is 7. The molecule has 3 aromatic rings. The summed E-state index contributed by atoms with van der Waals surface area (Å²) in [5, 5.41) is 14.9. The third kappa shape index (κ3) is 3.93. The lowest BCUT2D eigenvalue weighted by Gasteiger charge is -2.23. The predicted molar refractivity (Wildman–Crippen MR) is 117 cm³/mol. The Kier molecular flexibility index (Phi) is 5.87. The molecule has 33 heavy (non-hydrogen) atoms. The standard InChI is InChI=1S/C24H21FN2O6/c1-4-32-17-10-7-15(12-18(17)31-3)21-20(22(28)14-5-8-16(25)9-6-14)23(29)24(30)27(21)19-11-13(2)33-26-19/h5-12,21,28H,4H2,1-3H3/b22-20+/t21-/m1/s1. The number of amides is 1. The maximum Gasteiger partial charge on any atom is 0.301 e. The molecule has 1 N–H and O–H groups in total. The van der Waals surface area contributed by atoms with E-state index in [1.54, 1.807) is 25.1 Å². The molecule has 0 radical (unpaired) electrons. The molecule has 1 aliphatic heterocycles. The molecule has 0 unspecified atom stereocenters. The fourth-order valence-electron chi connectivity index (χ4n) is 3.74. The number of rotatable bonds is 6. The molecule has 0 saturated carbocycles. The van der Waals surface area contributed by atoms with Crippen LogP contribution in [0, 0.1) is 12.7 Å². The summed E-state index contributed by atoms with van der Waals surface area (Å²) in [7, 11) is 1.47. The van der Waals surface area contributed by atoms with Crippen LogP contribution in [-0.4, -0.2) is 35.7 Å². The number of halogens is 1. The Labute approximate surface area is 188 Å². The fraction of sp³-hybridized carbons (Fsp3) is 0.208.